The Morgan fingerprint density at radius 3 is 2.18 bits per heavy atom. The Hall–Kier alpha value is -5.56. The smallest absolute Gasteiger partial charge is 0.265 e. The van der Waals surface area contributed by atoms with E-state index in [2.05, 4.69) is 73.2 Å². The summed E-state index contributed by atoms with van der Waals surface area (Å²) in [4.78, 5) is 36.7. The SMILES string of the molecule is C=CCN(CC=C)[C@@H]1c2onc(OCc3ccccc3)c2C(=O)C2(O[Si](C)(C)C(C)(C)C)C(=O)C3=C(O)c4c(OCc5ccccc5)cc(CN5CCc6ccccc6C5)c(Cl)c4C[C@H]3C[C@@H]12. The van der Waals surface area contributed by atoms with Crippen LogP contribution in [0.25, 0.3) is 5.76 Å². The number of aliphatic hydroxyl groups is 1. The Labute approximate surface area is 400 Å². The van der Waals surface area contributed by atoms with Crippen LogP contribution >= 0.6 is 11.6 Å². The van der Waals surface area contributed by atoms with E-state index in [4.69, 9.17) is 30.0 Å². The lowest BCUT2D eigenvalue weighted by atomic mass is 9.57. The summed E-state index contributed by atoms with van der Waals surface area (Å²) >= 11 is 7.56. The second kappa shape index (κ2) is 18.5. The molecule has 9 rings (SSSR count). The van der Waals surface area contributed by atoms with Crippen molar-refractivity contribution in [2.45, 2.75) is 96.1 Å². The first-order valence-corrected chi connectivity index (χ1v) is 26.6. The first-order valence-electron chi connectivity index (χ1n) is 23.3. The van der Waals surface area contributed by atoms with E-state index in [1.54, 1.807) is 12.2 Å². The van der Waals surface area contributed by atoms with Gasteiger partial charge in [-0.3, -0.25) is 19.4 Å². The van der Waals surface area contributed by atoms with Crippen molar-refractivity contribution in [1.29, 1.82) is 0 Å². The summed E-state index contributed by atoms with van der Waals surface area (Å²) in [5.74, 6) is -2.02. The standard InChI is InChI=1S/C55H60ClN3O7Si/c1-8-25-59(26-9-2)48-42-29-39-28-41-45(43(63-33-35-18-12-10-13-19-35)30-40(47(41)56)32-58-27-24-37-22-16-17-23-38(37)31-58)49(60)44(39)51(61)55(42,66-67(6,7)54(3,4)5)52(62)46-50(48)65-57-53(46)64-34-36-20-14-11-15-21-36/h8-23,30,39,42,48,60H,1-2,24-29,31-34H2,3-7H3/t39-,42-,48-,55?/m0/s1. The summed E-state index contributed by atoms with van der Waals surface area (Å²) in [5.41, 5.74) is 4.52. The highest BCUT2D eigenvalue weighted by Gasteiger charge is 2.69. The van der Waals surface area contributed by atoms with Crippen molar-refractivity contribution >= 4 is 37.2 Å². The minimum atomic E-state index is -3.00. The number of rotatable bonds is 15. The Balaban J connectivity index is 1.21. The number of carbonyl (C=O) groups excluding carboxylic acids is 2. The lowest BCUT2D eigenvalue weighted by molar-refractivity contribution is -0.141. The van der Waals surface area contributed by atoms with Gasteiger partial charge in [0.15, 0.2) is 19.7 Å². The van der Waals surface area contributed by atoms with Crippen LogP contribution in [0.3, 0.4) is 0 Å². The summed E-state index contributed by atoms with van der Waals surface area (Å²) < 4.78 is 26.7. The normalized spacial score (nSPS) is 21.5. The molecule has 348 valence electrons. The van der Waals surface area contributed by atoms with Crippen molar-refractivity contribution in [3.05, 3.63) is 177 Å². The Kier molecular flexibility index (Phi) is 12.8. The maximum Gasteiger partial charge on any atom is 0.265 e. The van der Waals surface area contributed by atoms with Crippen LogP contribution in [-0.2, 0) is 48.4 Å². The van der Waals surface area contributed by atoms with Crippen molar-refractivity contribution < 1.29 is 33.1 Å². The van der Waals surface area contributed by atoms with Gasteiger partial charge in [-0.1, -0.05) is 129 Å². The molecule has 3 aliphatic carbocycles. The van der Waals surface area contributed by atoms with Crippen molar-refractivity contribution in [3.8, 4) is 11.6 Å². The maximum absolute atomic E-state index is 16.3. The molecule has 4 atom stereocenters. The van der Waals surface area contributed by atoms with Crippen LogP contribution in [0.2, 0.25) is 23.2 Å². The number of hydrogen-bond donors (Lipinski definition) is 1. The number of nitrogens with zero attached hydrogens (tertiary/aromatic N) is 3. The minimum Gasteiger partial charge on any atom is -0.507 e. The molecule has 10 nitrogen and oxygen atoms in total. The fourth-order valence-electron chi connectivity index (χ4n) is 10.4. The molecule has 4 aliphatic rings. The first kappa shape index (κ1) is 46.5. The van der Waals surface area contributed by atoms with E-state index in [0.717, 1.165) is 36.2 Å². The molecule has 0 amide bonds. The van der Waals surface area contributed by atoms with Gasteiger partial charge in [0.2, 0.25) is 11.6 Å². The highest BCUT2D eigenvalue weighted by molar-refractivity contribution is 6.74. The second-order valence-corrected chi connectivity index (χ2v) is 25.0. The molecule has 0 saturated heterocycles. The molecule has 2 heterocycles. The molecule has 0 spiro atoms. The average Bonchev–Trinajstić information content (AvgIpc) is 3.73. The quantitative estimate of drug-likeness (QED) is 0.0618. The highest BCUT2D eigenvalue weighted by atomic mass is 35.5. The van der Waals surface area contributed by atoms with Gasteiger partial charge in [0.05, 0.1) is 11.6 Å². The lowest BCUT2D eigenvalue weighted by Gasteiger charge is -2.55. The predicted molar refractivity (Wildman–Crippen MR) is 264 cm³/mol. The molecule has 0 radical (unpaired) electrons. The van der Waals surface area contributed by atoms with Gasteiger partial charge in [-0.15, -0.1) is 13.2 Å². The van der Waals surface area contributed by atoms with Gasteiger partial charge in [0, 0.05) is 49.2 Å². The zero-order chi connectivity index (χ0) is 47.3. The predicted octanol–water partition coefficient (Wildman–Crippen LogP) is 11.4. The zero-order valence-corrected chi connectivity index (χ0v) is 40.9. The van der Waals surface area contributed by atoms with Crippen LogP contribution in [0.1, 0.15) is 88.3 Å². The van der Waals surface area contributed by atoms with Crippen molar-refractivity contribution in [2.75, 3.05) is 19.6 Å². The number of ether oxygens (including phenoxy) is 2. The highest BCUT2D eigenvalue weighted by Crippen LogP contribution is 2.60. The van der Waals surface area contributed by atoms with Crippen LogP contribution < -0.4 is 9.47 Å². The molecule has 5 aromatic rings. The van der Waals surface area contributed by atoms with Gasteiger partial charge in [0.25, 0.3) is 5.88 Å². The molecule has 12 heteroatoms. The Morgan fingerprint density at radius 2 is 1.54 bits per heavy atom. The summed E-state index contributed by atoms with van der Waals surface area (Å²) in [6.45, 7) is 21.8. The van der Waals surface area contributed by atoms with E-state index < -0.39 is 48.4 Å². The molecule has 1 aliphatic heterocycles. The number of Topliss-reactive ketones (excluding diaryl/α,β-unsaturated/α-hetero) is 2. The molecule has 1 fully saturated rings. The molecule has 67 heavy (non-hydrogen) atoms. The van der Waals surface area contributed by atoms with Crippen LogP contribution in [-0.4, -0.2) is 65.2 Å². The molecule has 1 N–H and O–H groups in total. The third-order valence-corrected chi connectivity index (χ3v) is 19.6. The molecule has 4 aromatic carbocycles. The number of aliphatic hydroxyl groups excluding tert-OH is 1. The van der Waals surface area contributed by atoms with E-state index >= 15 is 9.59 Å². The number of benzene rings is 4. The zero-order valence-electron chi connectivity index (χ0n) is 39.1. The Bertz CT molecular complexity index is 2730. The molecule has 1 saturated carbocycles. The fraction of sp³-hybridized carbons (Fsp3) is 0.364. The van der Waals surface area contributed by atoms with Crippen LogP contribution in [0.5, 0.6) is 11.6 Å². The molecule has 1 aromatic heterocycles. The van der Waals surface area contributed by atoms with Crippen LogP contribution in [0.15, 0.2) is 126 Å². The van der Waals surface area contributed by atoms with Crippen molar-refractivity contribution in [3.63, 3.8) is 0 Å². The monoisotopic (exact) mass is 937 g/mol. The number of halogens is 1. The Morgan fingerprint density at radius 1 is 0.910 bits per heavy atom. The van der Waals surface area contributed by atoms with Gasteiger partial charge in [-0.2, -0.15) is 0 Å². The minimum absolute atomic E-state index is 0.0158. The van der Waals surface area contributed by atoms with Crippen LogP contribution in [0.4, 0.5) is 0 Å². The summed E-state index contributed by atoms with van der Waals surface area (Å²) in [6, 6.07) is 29.2. The number of carbonyl (C=O) groups is 2. The maximum atomic E-state index is 16.3. The van der Waals surface area contributed by atoms with E-state index in [0.29, 0.717) is 53.7 Å². The van der Waals surface area contributed by atoms with Gasteiger partial charge in [0.1, 0.15) is 30.3 Å². The van der Waals surface area contributed by atoms with Crippen LogP contribution in [0, 0.1) is 11.8 Å². The molecule has 0 bridgehead atoms. The third-order valence-electron chi connectivity index (χ3n) is 14.7. The van der Waals surface area contributed by atoms with E-state index in [9.17, 15) is 5.11 Å². The third kappa shape index (κ3) is 8.43. The topological polar surface area (TPSA) is 115 Å². The first-order chi connectivity index (χ1) is 32.2. The fourth-order valence-corrected chi connectivity index (χ4v) is 12.1. The average molecular weight is 939 g/mol. The van der Waals surface area contributed by atoms with Gasteiger partial charge >= 0.3 is 0 Å². The number of hydrogen-bond acceptors (Lipinski definition) is 10. The van der Waals surface area contributed by atoms with Gasteiger partial charge < -0.3 is 23.5 Å². The number of fused-ring (bicyclic) bond motifs is 5. The van der Waals surface area contributed by atoms with E-state index in [1.807, 2.05) is 79.8 Å². The summed E-state index contributed by atoms with van der Waals surface area (Å²) in [5, 5.41) is 17.4. The molecular formula is C55H60ClN3O7Si. The van der Waals surface area contributed by atoms with E-state index in [-0.39, 0.29) is 42.4 Å². The number of aromatic nitrogens is 1. The largest absolute Gasteiger partial charge is 0.507 e. The van der Waals surface area contributed by atoms with Gasteiger partial charge in [-0.05, 0) is 87.9 Å². The lowest BCUT2D eigenvalue weighted by Crippen LogP contribution is -2.68. The second-order valence-electron chi connectivity index (χ2n) is 19.9. The summed E-state index contributed by atoms with van der Waals surface area (Å²) in [6.07, 6.45) is 5.11. The molecule has 1 unspecified atom stereocenters. The van der Waals surface area contributed by atoms with E-state index in [1.165, 1.54) is 11.1 Å². The van der Waals surface area contributed by atoms with Gasteiger partial charge in [-0.25, -0.2) is 0 Å². The van der Waals surface area contributed by atoms with Crippen molar-refractivity contribution in [1.82, 2.24) is 15.0 Å². The van der Waals surface area contributed by atoms with Crippen molar-refractivity contribution in [2.24, 2.45) is 11.8 Å². The summed E-state index contributed by atoms with van der Waals surface area (Å²) in [7, 11) is -3.00. The molecular weight excluding hydrogens is 878 g/mol. The number of ketones is 2.